The maximum Gasteiger partial charge on any atom is 0.372 e. The molecule has 116 valence electrons. The van der Waals surface area contributed by atoms with E-state index in [4.69, 9.17) is 5.11 Å². The van der Waals surface area contributed by atoms with Crippen LogP contribution in [0.4, 0.5) is 0 Å². The zero-order valence-corrected chi connectivity index (χ0v) is 11.6. The van der Waals surface area contributed by atoms with Gasteiger partial charge >= 0.3 is 11.9 Å². The number of carboxylic acid groups (broad SMARTS) is 2. The maximum atomic E-state index is 11.3. The Hall–Kier alpha value is -2.67. The minimum Gasteiger partial charge on any atom is -0.479 e. The Bertz CT molecular complexity index is 734. The number of hydrogen-bond donors (Lipinski definition) is 4. The van der Waals surface area contributed by atoms with Gasteiger partial charge in [0.15, 0.2) is 5.60 Å². The Morgan fingerprint density at radius 3 is 2.45 bits per heavy atom. The molecule has 7 nitrogen and oxygen atoms in total. The molecule has 7 heteroatoms. The predicted molar refractivity (Wildman–Crippen MR) is 76.5 cm³/mol. The van der Waals surface area contributed by atoms with E-state index in [1.807, 2.05) is 12.1 Å². The second kappa shape index (κ2) is 5.98. The molecule has 0 aliphatic carbocycles. The number of benzene rings is 1. The number of hydrogen-bond acceptors (Lipinski definition) is 4. The van der Waals surface area contributed by atoms with Gasteiger partial charge in [0.2, 0.25) is 5.78 Å². The molecule has 1 aromatic carbocycles. The zero-order valence-electron chi connectivity index (χ0n) is 11.6. The lowest BCUT2D eigenvalue weighted by molar-refractivity contribution is -0.160. The van der Waals surface area contributed by atoms with Gasteiger partial charge in [0.25, 0.3) is 0 Å². The summed E-state index contributed by atoms with van der Waals surface area (Å²) in [6, 6.07) is 7.20. The normalized spacial score (nSPS) is 13.7. The Morgan fingerprint density at radius 1 is 1.14 bits per heavy atom. The van der Waals surface area contributed by atoms with E-state index in [0.29, 0.717) is 5.56 Å². The summed E-state index contributed by atoms with van der Waals surface area (Å²) < 4.78 is 0. The molecule has 0 fully saturated rings. The van der Waals surface area contributed by atoms with Crippen molar-refractivity contribution in [2.45, 2.75) is 24.9 Å². The number of aromatic nitrogens is 1. The third-order valence-electron chi connectivity index (χ3n) is 3.56. The topological polar surface area (TPSA) is 128 Å². The van der Waals surface area contributed by atoms with E-state index in [9.17, 15) is 24.6 Å². The van der Waals surface area contributed by atoms with Crippen molar-refractivity contribution >= 4 is 28.6 Å². The van der Waals surface area contributed by atoms with E-state index in [-0.39, 0.29) is 6.42 Å². The summed E-state index contributed by atoms with van der Waals surface area (Å²) in [5.41, 5.74) is -0.814. The van der Waals surface area contributed by atoms with E-state index in [1.165, 1.54) is 0 Å². The first-order valence-corrected chi connectivity index (χ1v) is 6.60. The zero-order chi connectivity index (χ0) is 16.3. The van der Waals surface area contributed by atoms with Crippen molar-refractivity contribution in [3.05, 3.63) is 36.0 Å². The third-order valence-corrected chi connectivity index (χ3v) is 3.56. The number of aliphatic carboxylic acids is 2. The highest BCUT2D eigenvalue weighted by atomic mass is 16.4. The van der Waals surface area contributed by atoms with Crippen LogP contribution >= 0.6 is 0 Å². The van der Waals surface area contributed by atoms with Crippen molar-refractivity contribution in [3.63, 3.8) is 0 Å². The number of Topliss-reactive ketones (excluding diaryl/α,β-unsaturated/α-hetero) is 1. The van der Waals surface area contributed by atoms with Crippen molar-refractivity contribution < 1.29 is 29.7 Å². The molecule has 0 aliphatic heterocycles. The lowest BCUT2D eigenvalue weighted by atomic mass is 9.89. The summed E-state index contributed by atoms with van der Waals surface area (Å²) in [5, 5.41) is 28.8. The fraction of sp³-hybridized carbons (Fsp3) is 0.267. The van der Waals surface area contributed by atoms with Crippen molar-refractivity contribution in [2.75, 3.05) is 0 Å². The fourth-order valence-electron chi connectivity index (χ4n) is 2.29. The molecule has 2 rings (SSSR count). The van der Waals surface area contributed by atoms with Crippen molar-refractivity contribution in [3.8, 4) is 0 Å². The smallest absolute Gasteiger partial charge is 0.372 e. The molecule has 0 saturated carbocycles. The van der Waals surface area contributed by atoms with E-state index in [2.05, 4.69) is 4.98 Å². The van der Waals surface area contributed by atoms with Crippen molar-refractivity contribution in [2.24, 2.45) is 0 Å². The Balaban J connectivity index is 2.22. The lowest BCUT2D eigenvalue weighted by Crippen LogP contribution is -2.41. The standard InChI is InChI=1S/C15H15NO6/c17-12(13(18)19)5-6-15(22,14(20)21)7-9-8-16-11-4-2-1-3-10(9)11/h1-4,8,16,22H,5-7H2,(H,18,19)(H,20,21)/t15-/m0/s1. The molecular weight excluding hydrogens is 290 g/mol. The second-order valence-electron chi connectivity index (χ2n) is 5.10. The predicted octanol–water partition coefficient (Wildman–Crippen LogP) is 0.960. The summed E-state index contributed by atoms with van der Waals surface area (Å²) in [6.45, 7) is 0. The summed E-state index contributed by atoms with van der Waals surface area (Å²) in [7, 11) is 0. The highest BCUT2D eigenvalue weighted by Gasteiger charge is 2.37. The average Bonchev–Trinajstić information content (AvgIpc) is 2.87. The number of rotatable bonds is 7. The van der Waals surface area contributed by atoms with Gasteiger partial charge in [-0.2, -0.15) is 0 Å². The van der Waals surface area contributed by atoms with Crippen LogP contribution in [0.5, 0.6) is 0 Å². The van der Waals surface area contributed by atoms with E-state index in [0.717, 1.165) is 10.9 Å². The molecule has 22 heavy (non-hydrogen) atoms. The number of H-pyrrole nitrogens is 1. The van der Waals surface area contributed by atoms with E-state index in [1.54, 1.807) is 18.3 Å². The monoisotopic (exact) mass is 305 g/mol. The molecule has 0 bridgehead atoms. The summed E-state index contributed by atoms with van der Waals surface area (Å²) in [5.74, 6) is -4.26. The number of para-hydroxylation sites is 1. The Morgan fingerprint density at radius 2 is 1.82 bits per heavy atom. The first-order chi connectivity index (χ1) is 10.3. The minimum absolute atomic E-state index is 0.223. The van der Waals surface area contributed by atoms with Gasteiger partial charge in [-0.1, -0.05) is 18.2 Å². The van der Waals surface area contributed by atoms with Crippen LogP contribution in [0, 0.1) is 0 Å². The van der Waals surface area contributed by atoms with Gasteiger partial charge in [-0.05, 0) is 18.1 Å². The van der Waals surface area contributed by atoms with Crippen LogP contribution < -0.4 is 0 Å². The second-order valence-corrected chi connectivity index (χ2v) is 5.10. The highest BCUT2D eigenvalue weighted by molar-refractivity contribution is 6.32. The van der Waals surface area contributed by atoms with Crippen molar-refractivity contribution in [1.29, 1.82) is 0 Å². The summed E-state index contributed by atoms with van der Waals surface area (Å²) >= 11 is 0. The highest BCUT2D eigenvalue weighted by Crippen LogP contribution is 2.25. The lowest BCUT2D eigenvalue weighted by Gasteiger charge is -2.22. The van der Waals surface area contributed by atoms with Gasteiger partial charge in [-0.25, -0.2) is 9.59 Å². The number of aromatic amines is 1. The van der Waals surface area contributed by atoms with Crippen LogP contribution in [0.25, 0.3) is 10.9 Å². The first-order valence-electron chi connectivity index (χ1n) is 6.60. The maximum absolute atomic E-state index is 11.3. The molecule has 2 aromatic rings. The first kappa shape index (κ1) is 15.7. The molecule has 0 unspecified atom stereocenters. The Labute approximate surface area is 125 Å². The van der Waals surface area contributed by atoms with Crippen LogP contribution in [0.15, 0.2) is 30.5 Å². The largest absolute Gasteiger partial charge is 0.479 e. The molecule has 1 aromatic heterocycles. The molecule has 4 N–H and O–H groups in total. The number of fused-ring (bicyclic) bond motifs is 1. The summed E-state index contributed by atoms with van der Waals surface area (Å²) in [4.78, 5) is 35.9. The molecule has 0 radical (unpaired) electrons. The molecule has 0 aliphatic rings. The number of carbonyl (C=O) groups is 3. The van der Waals surface area contributed by atoms with Crippen LogP contribution in [-0.2, 0) is 20.8 Å². The van der Waals surface area contributed by atoms with Crippen LogP contribution in [0.1, 0.15) is 18.4 Å². The van der Waals surface area contributed by atoms with Crippen molar-refractivity contribution in [1.82, 2.24) is 4.98 Å². The van der Waals surface area contributed by atoms with Gasteiger partial charge in [0, 0.05) is 29.9 Å². The van der Waals surface area contributed by atoms with Gasteiger partial charge in [0.1, 0.15) is 0 Å². The van der Waals surface area contributed by atoms with Gasteiger partial charge in [0.05, 0.1) is 0 Å². The molecule has 0 spiro atoms. The van der Waals surface area contributed by atoms with Crippen LogP contribution in [0.3, 0.4) is 0 Å². The number of ketones is 1. The van der Waals surface area contributed by atoms with Gasteiger partial charge < -0.3 is 20.3 Å². The SMILES string of the molecule is O=C(O)C(=O)CC[C@](O)(Cc1c[nH]c2ccccc12)C(=O)O. The van der Waals surface area contributed by atoms with Crippen LogP contribution in [-0.4, -0.2) is 43.6 Å². The molecule has 0 saturated heterocycles. The van der Waals surface area contributed by atoms with E-state index < -0.39 is 36.2 Å². The molecule has 1 heterocycles. The average molecular weight is 305 g/mol. The third kappa shape index (κ3) is 3.15. The quantitative estimate of drug-likeness (QED) is 0.564. The number of carbonyl (C=O) groups excluding carboxylic acids is 1. The minimum atomic E-state index is -2.20. The summed E-state index contributed by atoms with van der Waals surface area (Å²) in [6.07, 6.45) is 0.365. The van der Waals surface area contributed by atoms with E-state index >= 15 is 0 Å². The molecule has 0 amide bonds. The van der Waals surface area contributed by atoms with Gasteiger partial charge in [-0.3, -0.25) is 4.79 Å². The molecular formula is C15H15NO6. The Kier molecular flexibility index (Phi) is 4.27. The number of nitrogens with one attached hydrogen (secondary N) is 1. The number of carboxylic acids is 2. The fourth-order valence-corrected chi connectivity index (χ4v) is 2.29. The van der Waals surface area contributed by atoms with Gasteiger partial charge in [-0.15, -0.1) is 0 Å². The van der Waals surface area contributed by atoms with Crippen LogP contribution in [0.2, 0.25) is 0 Å². The number of aliphatic hydroxyl groups is 1. The molecule has 1 atom stereocenters.